The van der Waals surface area contributed by atoms with Crippen LogP contribution < -0.4 is 20.1 Å². The van der Waals surface area contributed by atoms with Gasteiger partial charge in [-0.05, 0) is 43.9 Å². The van der Waals surface area contributed by atoms with Gasteiger partial charge >= 0.3 is 0 Å². The number of aryl methyl sites for hydroxylation is 1. The van der Waals surface area contributed by atoms with Crippen molar-refractivity contribution in [1.29, 1.82) is 0 Å². The van der Waals surface area contributed by atoms with Gasteiger partial charge in [0.25, 0.3) is 0 Å². The van der Waals surface area contributed by atoms with E-state index in [4.69, 9.17) is 14.2 Å². The molecular weight excluding hydrogens is 529 g/mol. The molecule has 1 heterocycles. The molecule has 2 fully saturated rings. The fourth-order valence-corrected chi connectivity index (χ4v) is 4.29. The van der Waals surface area contributed by atoms with Crippen molar-refractivity contribution in [2.24, 2.45) is 10.9 Å². The van der Waals surface area contributed by atoms with Gasteiger partial charge < -0.3 is 24.8 Å². The molecule has 7 heteroatoms. The van der Waals surface area contributed by atoms with Gasteiger partial charge in [-0.25, -0.2) is 0 Å². The molecule has 1 saturated heterocycles. The van der Waals surface area contributed by atoms with E-state index >= 15 is 0 Å². The van der Waals surface area contributed by atoms with Crippen molar-refractivity contribution in [1.82, 2.24) is 10.6 Å². The van der Waals surface area contributed by atoms with E-state index in [-0.39, 0.29) is 29.4 Å². The molecule has 2 aromatic carbocycles. The number of halogens is 1. The van der Waals surface area contributed by atoms with Gasteiger partial charge in [0.05, 0.1) is 20.3 Å². The zero-order valence-corrected chi connectivity index (χ0v) is 22.2. The molecule has 0 spiro atoms. The van der Waals surface area contributed by atoms with E-state index in [2.05, 4.69) is 52.9 Å². The Bertz CT molecular complexity index is 940. The first-order chi connectivity index (χ1) is 15.6. The maximum Gasteiger partial charge on any atom is 0.191 e. The van der Waals surface area contributed by atoms with Crippen LogP contribution in [-0.2, 0) is 16.7 Å². The van der Waals surface area contributed by atoms with E-state index < -0.39 is 0 Å². The van der Waals surface area contributed by atoms with Crippen molar-refractivity contribution in [2.75, 3.05) is 40.5 Å². The van der Waals surface area contributed by atoms with Crippen LogP contribution in [0.4, 0.5) is 0 Å². The van der Waals surface area contributed by atoms with E-state index in [1.165, 1.54) is 11.1 Å². The lowest BCUT2D eigenvalue weighted by atomic mass is 9.95. The first-order valence-electron chi connectivity index (χ1n) is 11.5. The monoisotopic (exact) mass is 565 g/mol. The Labute approximate surface area is 214 Å². The lowest BCUT2D eigenvalue weighted by Gasteiger charge is -2.21. The number of rotatable bonds is 9. The summed E-state index contributed by atoms with van der Waals surface area (Å²) in [5.41, 5.74) is 3.71. The number of nitrogens with zero attached hydrogens (tertiary/aromatic N) is 1. The third-order valence-corrected chi connectivity index (χ3v) is 6.52. The second-order valence-corrected chi connectivity index (χ2v) is 8.91. The maximum atomic E-state index is 6.18. The fraction of sp³-hybridized carbons (Fsp3) is 0.500. The molecule has 1 aliphatic heterocycles. The molecule has 6 nitrogen and oxygen atoms in total. The summed E-state index contributed by atoms with van der Waals surface area (Å²) in [5.74, 6) is 3.17. The summed E-state index contributed by atoms with van der Waals surface area (Å²) >= 11 is 0. The highest BCUT2D eigenvalue weighted by molar-refractivity contribution is 14.0. The van der Waals surface area contributed by atoms with Gasteiger partial charge in [0.2, 0.25) is 0 Å². The van der Waals surface area contributed by atoms with Crippen LogP contribution in [0.2, 0.25) is 0 Å². The SMILES string of the molecule is CN=C(NCc1ccc(C)cc1OCC1CCOC1)NCC1(c2ccccc2OC)CC1.I. The van der Waals surface area contributed by atoms with Crippen molar-refractivity contribution in [3.8, 4) is 11.5 Å². The average molecular weight is 565 g/mol. The van der Waals surface area contributed by atoms with Crippen molar-refractivity contribution in [3.05, 3.63) is 59.2 Å². The minimum atomic E-state index is 0. The van der Waals surface area contributed by atoms with Crippen LogP contribution >= 0.6 is 24.0 Å². The molecule has 1 saturated carbocycles. The number of ether oxygens (including phenoxy) is 3. The molecule has 1 aliphatic carbocycles. The predicted molar refractivity (Wildman–Crippen MR) is 143 cm³/mol. The molecule has 2 N–H and O–H groups in total. The molecule has 4 rings (SSSR count). The van der Waals surface area contributed by atoms with Crippen LogP contribution in [0.3, 0.4) is 0 Å². The van der Waals surface area contributed by atoms with E-state index in [0.29, 0.717) is 19.1 Å². The molecule has 1 atom stereocenters. The van der Waals surface area contributed by atoms with E-state index in [1.54, 1.807) is 7.11 Å². The first kappa shape index (κ1) is 25.6. The molecule has 0 radical (unpaired) electrons. The topological polar surface area (TPSA) is 64.1 Å². The Morgan fingerprint density at radius 3 is 2.67 bits per heavy atom. The summed E-state index contributed by atoms with van der Waals surface area (Å²) < 4.78 is 17.3. The van der Waals surface area contributed by atoms with Gasteiger partial charge in [0.15, 0.2) is 5.96 Å². The van der Waals surface area contributed by atoms with Crippen molar-refractivity contribution >= 4 is 29.9 Å². The number of guanidine groups is 1. The zero-order valence-electron chi connectivity index (χ0n) is 19.9. The third kappa shape index (κ3) is 6.53. The summed E-state index contributed by atoms with van der Waals surface area (Å²) in [6.07, 6.45) is 3.38. The van der Waals surface area contributed by atoms with Crippen LogP contribution in [0.15, 0.2) is 47.5 Å². The number of benzene rings is 2. The van der Waals surface area contributed by atoms with E-state index in [1.807, 2.05) is 19.2 Å². The van der Waals surface area contributed by atoms with Crippen LogP contribution in [0.5, 0.6) is 11.5 Å². The van der Waals surface area contributed by atoms with Gasteiger partial charge in [-0.1, -0.05) is 30.3 Å². The standard InChI is InChI=1S/C26H35N3O3.HI/c1-19-8-9-21(24(14-19)32-17-20-10-13-31-16-20)15-28-25(27-2)29-18-26(11-12-26)22-6-4-5-7-23(22)30-3;/h4-9,14,20H,10-13,15-18H2,1-3H3,(H2,27,28,29);1H. The highest BCUT2D eigenvalue weighted by Crippen LogP contribution is 2.50. The zero-order chi connectivity index (χ0) is 22.4. The Morgan fingerprint density at radius 2 is 1.97 bits per heavy atom. The lowest BCUT2D eigenvalue weighted by Crippen LogP contribution is -2.41. The van der Waals surface area contributed by atoms with E-state index in [0.717, 1.165) is 62.0 Å². The third-order valence-electron chi connectivity index (χ3n) is 6.52. The van der Waals surface area contributed by atoms with Gasteiger partial charge in [0, 0.05) is 49.2 Å². The average Bonchev–Trinajstić information content (AvgIpc) is 3.43. The largest absolute Gasteiger partial charge is 0.496 e. The molecule has 2 aliphatic rings. The van der Waals surface area contributed by atoms with Gasteiger partial charge in [-0.3, -0.25) is 4.99 Å². The quantitative estimate of drug-likeness (QED) is 0.268. The highest BCUT2D eigenvalue weighted by Gasteiger charge is 2.46. The normalized spacial score (nSPS) is 18.9. The maximum absolute atomic E-state index is 6.18. The number of hydrogen-bond acceptors (Lipinski definition) is 4. The second kappa shape index (κ2) is 11.9. The summed E-state index contributed by atoms with van der Waals surface area (Å²) in [7, 11) is 3.55. The smallest absolute Gasteiger partial charge is 0.191 e. The number of nitrogens with one attached hydrogen (secondary N) is 2. The molecule has 1 unspecified atom stereocenters. The van der Waals surface area contributed by atoms with E-state index in [9.17, 15) is 0 Å². The lowest BCUT2D eigenvalue weighted by molar-refractivity contribution is 0.166. The molecule has 180 valence electrons. The first-order valence-corrected chi connectivity index (χ1v) is 11.5. The van der Waals surface area contributed by atoms with Crippen molar-refractivity contribution < 1.29 is 14.2 Å². The van der Waals surface area contributed by atoms with Crippen molar-refractivity contribution in [3.63, 3.8) is 0 Å². The summed E-state index contributed by atoms with van der Waals surface area (Å²) in [6, 6.07) is 14.7. The minimum Gasteiger partial charge on any atom is -0.496 e. The number of aliphatic imine (C=N–C) groups is 1. The second-order valence-electron chi connectivity index (χ2n) is 8.91. The Balaban J connectivity index is 0.00000306. The summed E-state index contributed by atoms with van der Waals surface area (Å²) in [5, 5.41) is 6.98. The molecule has 2 aromatic rings. The Kier molecular flexibility index (Phi) is 9.26. The minimum absolute atomic E-state index is 0. The van der Waals surface area contributed by atoms with Crippen LogP contribution in [0, 0.1) is 12.8 Å². The molecule has 0 bridgehead atoms. The Hall–Kier alpha value is -2.00. The van der Waals surface area contributed by atoms with Crippen LogP contribution in [0.1, 0.15) is 36.0 Å². The summed E-state index contributed by atoms with van der Waals surface area (Å²) in [6.45, 7) is 5.91. The molecule has 33 heavy (non-hydrogen) atoms. The number of methoxy groups -OCH3 is 1. The Morgan fingerprint density at radius 1 is 1.15 bits per heavy atom. The summed E-state index contributed by atoms with van der Waals surface area (Å²) in [4.78, 5) is 4.43. The van der Waals surface area contributed by atoms with Gasteiger partial charge in [0.1, 0.15) is 11.5 Å². The highest BCUT2D eigenvalue weighted by atomic mass is 127. The van der Waals surface area contributed by atoms with Crippen LogP contribution in [0.25, 0.3) is 0 Å². The predicted octanol–water partition coefficient (Wildman–Crippen LogP) is 4.43. The molecule has 0 aromatic heterocycles. The number of hydrogen-bond donors (Lipinski definition) is 2. The van der Waals surface area contributed by atoms with Crippen molar-refractivity contribution in [2.45, 2.75) is 38.1 Å². The number of para-hydroxylation sites is 1. The van der Waals surface area contributed by atoms with Gasteiger partial charge in [-0.15, -0.1) is 24.0 Å². The van der Waals surface area contributed by atoms with Gasteiger partial charge in [-0.2, -0.15) is 0 Å². The van der Waals surface area contributed by atoms with Crippen LogP contribution in [-0.4, -0.2) is 46.5 Å². The molecular formula is C26H36IN3O3. The fourth-order valence-electron chi connectivity index (χ4n) is 4.29. The molecule has 0 amide bonds.